The van der Waals surface area contributed by atoms with Crippen LogP contribution in [-0.4, -0.2) is 55.4 Å². The Balaban J connectivity index is 1.95. The van der Waals surface area contributed by atoms with Crippen LogP contribution >= 0.6 is 11.8 Å². The van der Waals surface area contributed by atoms with E-state index in [0.717, 1.165) is 25.9 Å². The van der Waals surface area contributed by atoms with Crippen LogP contribution in [0.5, 0.6) is 0 Å². The average Bonchev–Trinajstić information content (AvgIpc) is 3.20. The third-order valence-corrected chi connectivity index (χ3v) is 6.19. The van der Waals surface area contributed by atoms with E-state index in [1.54, 1.807) is 0 Å². The molecule has 3 rings (SSSR count). The number of rotatable bonds is 4. The number of halogens is 6. The van der Waals surface area contributed by atoms with Crippen LogP contribution in [-0.2, 0) is 17.1 Å². The summed E-state index contributed by atoms with van der Waals surface area (Å²) in [5.74, 6) is -1.04. The normalized spacial score (nSPS) is 23.6. The van der Waals surface area contributed by atoms with E-state index in [4.69, 9.17) is 4.74 Å². The van der Waals surface area contributed by atoms with E-state index < -0.39 is 41.0 Å². The Hall–Kier alpha value is -1.46. The predicted molar refractivity (Wildman–Crippen MR) is 99.5 cm³/mol. The monoisotopic (exact) mass is 456 g/mol. The number of likely N-dealkylation sites (tertiary alicyclic amines) is 1. The molecule has 2 aliphatic rings. The van der Waals surface area contributed by atoms with E-state index in [1.165, 1.54) is 6.26 Å². The number of ether oxygens (including phenoxy) is 1. The highest BCUT2D eigenvalue weighted by atomic mass is 32.2. The molecule has 1 amide bonds. The van der Waals surface area contributed by atoms with Crippen LogP contribution in [0.25, 0.3) is 0 Å². The van der Waals surface area contributed by atoms with Gasteiger partial charge in [0.2, 0.25) is 0 Å². The molecule has 30 heavy (non-hydrogen) atoms. The van der Waals surface area contributed by atoms with E-state index in [-0.39, 0.29) is 23.6 Å². The van der Waals surface area contributed by atoms with E-state index in [2.05, 4.69) is 10.2 Å². The molecule has 2 saturated heterocycles. The number of alkyl halides is 6. The van der Waals surface area contributed by atoms with Crippen LogP contribution in [0.1, 0.15) is 40.7 Å². The average molecular weight is 456 g/mol. The lowest BCUT2D eigenvalue weighted by Gasteiger charge is -2.38. The Morgan fingerprint density at radius 3 is 2.37 bits per heavy atom. The Morgan fingerprint density at radius 2 is 1.80 bits per heavy atom. The molecule has 1 aromatic rings. The zero-order chi connectivity index (χ0) is 22.1. The number of nitrogens with one attached hydrogen (secondary N) is 1. The van der Waals surface area contributed by atoms with E-state index in [1.807, 2.05) is 0 Å². The molecule has 2 aliphatic heterocycles. The van der Waals surface area contributed by atoms with Crippen molar-refractivity contribution in [2.24, 2.45) is 0 Å². The summed E-state index contributed by atoms with van der Waals surface area (Å²) in [5.41, 5.74) is -3.81. The Labute approximate surface area is 174 Å². The minimum atomic E-state index is -5.12. The zero-order valence-electron chi connectivity index (χ0n) is 16.2. The highest BCUT2D eigenvalue weighted by molar-refractivity contribution is 7.98. The number of nitrogens with zero attached hydrogens (tertiary/aromatic N) is 1. The minimum absolute atomic E-state index is 0.00393. The van der Waals surface area contributed by atoms with Crippen molar-refractivity contribution in [3.05, 3.63) is 28.8 Å². The first-order valence-electron chi connectivity index (χ1n) is 9.51. The zero-order valence-corrected chi connectivity index (χ0v) is 17.0. The lowest BCUT2D eigenvalue weighted by Crippen LogP contribution is -2.56. The molecule has 2 heterocycles. The topological polar surface area (TPSA) is 41.6 Å². The van der Waals surface area contributed by atoms with Gasteiger partial charge in [-0.1, -0.05) is 0 Å². The molecular weight excluding hydrogens is 434 g/mol. The van der Waals surface area contributed by atoms with Gasteiger partial charge in [-0.2, -0.15) is 26.3 Å². The first kappa shape index (κ1) is 23.2. The quantitative estimate of drug-likeness (QED) is 0.538. The summed E-state index contributed by atoms with van der Waals surface area (Å²) in [5, 5.41) is 2.61. The molecule has 1 aromatic carbocycles. The molecule has 0 unspecified atom stereocenters. The summed E-state index contributed by atoms with van der Waals surface area (Å²) in [4.78, 5) is 14.7. The van der Waals surface area contributed by atoms with Gasteiger partial charge in [0.15, 0.2) is 0 Å². The van der Waals surface area contributed by atoms with Gasteiger partial charge >= 0.3 is 12.4 Å². The molecule has 0 spiro atoms. The molecule has 0 aliphatic carbocycles. The number of benzene rings is 1. The largest absolute Gasteiger partial charge is 0.417 e. The Morgan fingerprint density at radius 1 is 1.13 bits per heavy atom. The van der Waals surface area contributed by atoms with Gasteiger partial charge < -0.3 is 10.1 Å². The molecule has 2 fully saturated rings. The first-order valence-corrected chi connectivity index (χ1v) is 10.7. The third-order valence-electron chi connectivity index (χ3n) is 5.43. The molecule has 0 aromatic heterocycles. The molecule has 2 atom stereocenters. The van der Waals surface area contributed by atoms with Gasteiger partial charge in [0, 0.05) is 17.5 Å². The highest BCUT2D eigenvalue weighted by Gasteiger charge is 2.42. The van der Waals surface area contributed by atoms with Crippen LogP contribution in [0.15, 0.2) is 17.0 Å². The second-order valence-electron chi connectivity index (χ2n) is 7.35. The van der Waals surface area contributed by atoms with Crippen LogP contribution in [0.2, 0.25) is 0 Å². The van der Waals surface area contributed by atoms with Gasteiger partial charge in [0.25, 0.3) is 5.91 Å². The summed E-state index contributed by atoms with van der Waals surface area (Å²) in [6.45, 7) is 2.30. The van der Waals surface area contributed by atoms with Gasteiger partial charge in [-0.15, -0.1) is 11.8 Å². The maximum absolute atomic E-state index is 13.6. The third kappa shape index (κ3) is 5.05. The smallest absolute Gasteiger partial charge is 0.379 e. The van der Waals surface area contributed by atoms with Crippen molar-refractivity contribution < 1.29 is 35.9 Å². The maximum atomic E-state index is 13.6. The van der Waals surface area contributed by atoms with E-state index >= 15 is 0 Å². The molecule has 1 N–H and O–H groups in total. The molecule has 0 bridgehead atoms. The first-order chi connectivity index (χ1) is 14.0. The number of carbonyl (C=O) groups is 1. The summed E-state index contributed by atoms with van der Waals surface area (Å²) in [7, 11) is 0. The fourth-order valence-corrected chi connectivity index (χ4v) is 4.66. The predicted octanol–water partition coefficient (Wildman–Crippen LogP) is 4.43. The van der Waals surface area contributed by atoms with Crippen molar-refractivity contribution in [3.8, 4) is 0 Å². The second kappa shape index (κ2) is 8.96. The van der Waals surface area contributed by atoms with Crippen molar-refractivity contribution in [2.75, 3.05) is 32.6 Å². The van der Waals surface area contributed by atoms with Gasteiger partial charge in [-0.25, -0.2) is 0 Å². The highest BCUT2D eigenvalue weighted by Crippen LogP contribution is 2.41. The standard InChI is InChI=1S/C19H22F6N2O2S/c1-30-15-9-11(18(20,21)22)8-12(19(23,24)25)16(15)17(28)26-13-10-29-7-4-14(13)27-5-2-3-6-27/h8-9,13-14H,2-7,10H2,1H3,(H,26,28)/t13-,14-/m0/s1. The van der Waals surface area contributed by atoms with Crippen molar-refractivity contribution in [2.45, 2.75) is 48.6 Å². The number of thioether (sulfide) groups is 1. The van der Waals surface area contributed by atoms with Crippen molar-refractivity contribution in [3.63, 3.8) is 0 Å². The summed E-state index contributed by atoms with van der Waals surface area (Å²) >= 11 is 0.670. The Bertz CT molecular complexity index is 778. The molecule has 4 nitrogen and oxygen atoms in total. The van der Waals surface area contributed by atoms with Crippen LogP contribution in [0.4, 0.5) is 26.3 Å². The molecule has 0 radical (unpaired) electrons. The van der Waals surface area contributed by atoms with E-state index in [9.17, 15) is 31.1 Å². The van der Waals surface area contributed by atoms with Crippen molar-refractivity contribution in [1.82, 2.24) is 10.2 Å². The maximum Gasteiger partial charge on any atom is 0.417 e. The summed E-state index contributed by atoms with van der Waals surface area (Å²) < 4.78 is 85.5. The fourth-order valence-electron chi connectivity index (χ4n) is 4.01. The second-order valence-corrected chi connectivity index (χ2v) is 8.20. The molecular formula is C19H22F6N2O2S. The Kier molecular flexibility index (Phi) is 6.93. The van der Waals surface area contributed by atoms with Gasteiger partial charge in [0.05, 0.1) is 29.3 Å². The van der Waals surface area contributed by atoms with Crippen LogP contribution in [0, 0.1) is 0 Å². The number of carbonyl (C=O) groups excluding carboxylic acids is 1. The number of hydrogen-bond acceptors (Lipinski definition) is 4. The number of hydrogen-bond donors (Lipinski definition) is 1. The van der Waals surface area contributed by atoms with Crippen molar-refractivity contribution >= 4 is 17.7 Å². The van der Waals surface area contributed by atoms with E-state index in [0.29, 0.717) is 30.9 Å². The number of amides is 1. The van der Waals surface area contributed by atoms with Gasteiger partial charge in [-0.05, 0) is 50.7 Å². The lowest BCUT2D eigenvalue weighted by molar-refractivity contribution is -0.143. The van der Waals surface area contributed by atoms with Gasteiger partial charge in [-0.3, -0.25) is 9.69 Å². The van der Waals surface area contributed by atoms with Crippen LogP contribution < -0.4 is 5.32 Å². The molecule has 0 saturated carbocycles. The van der Waals surface area contributed by atoms with Crippen molar-refractivity contribution in [1.29, 1.82) is 0 Å². The summed E-state index contributed by atoms with van der Waals surface area (Å²) in [6, 6.07) is -0.0252. The van der Waals surface area contributed by atoms with Crippen LogP contribution in [0.3, 0.4) is 0 Å². The molecule has 11 heteroatoms. The minimum Gasteiger partial charge on any atom is -0.379 e. The summed E-state index contributed by atoms with van der Waals surface area (Å²) in [6.07, 6.45) is -6.10. The fraction of sp³-hybridized carbons (Fsp3) is 0.632. The van der Waals surface area contributed by atoms with Gasteiger partial charge in [0.1, 0.15) is 0 Å². The lowest BCUT2D eigenvalue weighted by atomic mass is 9.99. The molecule has 168 valence electrons. The SMILES string of the molecule is CSc1cc(C(F)(F)F)cc(C(F)(F)F)c1C(=O)N[C@H]1COCC[C@@H]1N1CCCC1.